The molecule has 0 radical (unpaired) electrons. The Morgan fingerprint density at radius 2 is 0.964 bits per heavy atom. The summed E-state index contributed by atoms with van der Waals surface area (Å²) < 4.78 is 29.4. The molecule has 4 rings (SSSR count). The number of rotatable bonds is 5. The molecule has 0 aliphatic carbocycles. The molecule has 28 heavy (non-hydrogen) atoms. The van der Waals surface area contributed by atoms with Gasteiger partial charge < -0.3 is 29.0 Å². The number of epoxide rings is 2. The van der Waals surface area contributed by atoms with Gasteiger partial charge >= 0.3 is 15.2 Å². The standard InChI is InChI=1S/C12H10.2C3H7O4P/c1-3-7-11(8-4-1)12-9-5-2-6-10-12;2*4-8(5,6)2-3-1-7-3/h1-10H;2*3H,1-2H2,(H2,4,5,6). The highest BCUT2D eigenvalue weighted by atomic mass is 31.2. The average Bonchev–Trinajstić information content (AvgIpc) is 3.54. The second-order valence-electron chi connectivity index (χ2n) is 6.34. The molecule has 2 atom stereocenters. The van der Waals surface area contributed by atoms with E-state index >= 15 is 0 Å². The quantitative estimate of drug-likeness (QED) is 0.419. The molecule has 2 aliphatic heterocycles. The first-order valence-corrected chi connectivity index (χ1v) is 12.1. The Morgan fingerprint density at radius 3 is 1.14 bits per heavy atom. The summed E-state index contributed by atoms with van der Waals surface area (Å²) in [6.45, 7) is 1.01. The summed E-state index contributed by atoms with van der Waals surface area (Å²) in [5.41, 5.74) is 2.55. The molecular formula is C18H24O8P2. The van der Waals surface area contributed by atoms with E-state index in [0.717, 1.165) is 0 Å². The third kappa shape index (κ3) is 11.5. The Labute approximate surface area is 163 Å². The molecule has 0 bridgehead atoms. The van der Waals surface area contributed by atoms with Gasteiger partial charge in [0.25, 0.3) is 0 Å². The van der Waals surface area contributed by atoms with Crippen LogP contribution in [0.15, 0.2) is 60.7 Å². The largest absolute Gasteiger partial charge is 0.372 e. The van der Waals surface area contributed by atoms with Crippen LogP contribution in [0.3, 0.4) is 0 Å². The smallest absolute Gasteiger partial charge is 0.328 e. The fourth-order valence-electron chi connectivity index (χ4n) is 2.14. The van der Waals surface area contributed by atoms with E-state index in [4.69, 9.17) is 19.6 Å². The number of benzene rings is 2. The van der Waals surface area contributed by atoms with Gasteiger partial charge in [-0.3, -0.25) is 9.13 Å². The van der Waals surface area contributed by atoms with Crippen LogP contribution in [0.2, 0.25) is 0 Å². The van der Waals surface area contributed by atoms with Crippen LogP contribution in [0.4, 0.5) is 0 Å². The highest BCUT2D eigenvalue weighted by Gasteiger charge is 2.31. The monoisotopic (exact) mass is 430 g/mol. The van der Waals surface area contributed by atoms with Crippen LogP contribution in [-0.4, -0.2) is 57.3 Å². The van der Waals surface area contributed by atoms with Crippen LogP contribution in [0.25, 0.3) is 11.1 Å². The van der Waals surface area contributed by atoms with Gasteiger partial charge in [0, 0.05) is 0 Å². The fraction of sp³-hybridized carbons (Fsp3) is 0.333. The number of hydrogen-bond acceptors (Lipinski definition) is 4. The molecule has 0 amide bonds. The maximum Gasteiger partial charge on any atom is 0.328 e. The summed E-state index contributed by atoms with van der Waals surface area (Å²) >= 11 is 0. The maximum atomic E-state index is 10.1. The Kier molecular flexibility index (Phi) is 8.56. The Balaban J connectivity index is 0.000000156. The molecule has 2 aliphatic rings. The van der Waals surface area contributed by atoms with Crippen molar-refractivity contribution in [2.45, 2.75) is 12.2 Å². The van der Waals surface area contributed by atoms with E-state index in [1.54, 1.807) is 0 Å². The Bertz CT molecular complexity index is 725. The van der Waals surface area contributed by atoms with Crippen molar-refractivity contribution in [2.75, 3.05) is 25.5 Å². The molecule has 2 unspecified atom stereocenters. The van der Waals surface area contributed by atoms with Crippen molar-refractivity contribution in [3.05, 3.63) is 60.7 Å². The first-order chi connectivity index (χ1) is 13.1. The zero-order valence-electron chi connectivity index (χ0n) is 15.1. The first kappa shape index (κ1) is 22.9. The zero-order chi connectivity index (χ0) is 20.6. The Hall–Kier alpha value is -1.34. The lowest BCUT2D eigenvalue weighted by atomic mass is 10.1. The van der Waals surface area contributed by atoms with Crippen LogP contribution in [-0.2, 0) is 18.6 Å². The second-order valence-corrected chi connectivity index (χ2v) is 9.73. The minimum atomic E-state index is -3.78. The lowest BCUT2D eigenvalue weighted by Gasteiger charge is -1.98. The lowest BCUT2D eigenvalue weighted by Crippen LogP contribution is -1.94. The minimum absolute atomic E-state index is 0.118. The van der Waals surface area contributed by atoms with Crippen molar-refractivity contribution < 1.29 is 38.2 Å². The van der Waals surface area contributed by atoms with E-state index in [9.17, 15) is 9.13 Å². The SMILES string of the molecule is O=P(O)(O)CC1CO1.O=P(O)(O)CC1CO1.c1ccc(-c2ccccc2)cc1. The van der Waals surface area contributed by atoms with Gasteiger partial charge in [-0.2, -0.15) is 0 Å². The first-order valence-electron chi connectivity index (χ1n) is 8.55. The predicted molar refractivity (Wildman–Crippen MR) is 105 cm³/mol. The molecule has 2 aromatic carbocycles. The molecule has 154 valence electrons. The van der Waals surface area contributed by atoms with Gasteiger partial charge in [-0.25, -0.2) is 0 Å². The molecule has 0 spiro atoms. The van der Waals surface area contributed by atoms with Gasteiger partial charge in [-0.05, 0) is 11.1 Å². The summed E-state index contributed by atoms with van der Waals surface area (Å²) in [5.74, 6) is 0. The van der Waals surface area contributed by atoms with Gasteiger partial charge in [-0.15, -0.1) is 0 Å². The minimum Gasteiger partial charge on any atom is -0.372 e. The van der Waals surface area contributed by atoms with Crippen molar-refractivity contribution in [1.82, 2.24) is 0 Å². The molecule has 2 heterocycles. The van der Waals surface area contributed by atoms with Crippen LogP contribution in [0.1, 0.15) is 0 Å². The molecule has 2 saturated heterocycles. The van der Waals surface area contributed by atoms with Crippen molar-refractivity contribution in [3.8, 4) is 11.1 Å². The molecule has 2 fully saturated rings. The van der Waals surface area contributed by atoms with Crippen molar-refractivity contribution >= 4 is 15.2 Å². The van der Waals surface area contributed by atoms with Crippen molar-refractivity contribution in [1.29, 1.82) is 0 Å². The Morgan fingerprint density at radius 1 is 0.679 bits per heavy atom. The van der Waals surface area contributed by atoms with Crippen LogP contribution >= 0.6 is 15.2 Å². The van der Waals surface area contributed by atoms with E-state index in [2.05, 4.69) is 58.0 Å². The van der Waals surface area contributed by atoms with Crippen molar-refractivity contribution in [3.63, 3.8) is 0 Å². The summed E-state index contributed by atoms with van der Waals surface area (Å²) in [5, 5.41) is 0. The predicted octanol–water partition coefficient (Wildman–Crippen LogP) is 2.48. The van der Waals surface area contributed by atoms with E-state index in [0.29, 0.717) is 13.2 Å². The highest BCUT2D eigenvalue weighted by Crippen LogP contribution is 2.38. The third-order valence-corrected chi connectivity index (χ3v) is 5.33. The maximum absolute atomic E-state index is 10.1. The lowest BCUT2D eigenvalue weighted by molar-refractivity contribution is 0.355. The third-order valence-electron chi connectivity index (χ3n) is 3.57. The van der Waals surface area contributed by atoms with Crippen LogP contribution in [0.5, 0.6) is 0 Å². The van der Waals surface area contributed by atoms with E-state index in [-0.39, 0.29) is 24.5 Å². The number of ether oxygens (including phenoxy) is 2. The molecule has 4 N–H and O–H groups in total. The summed E-state index contributed by atoms with van der Waals surface area (Å²) in [7, 11) is -7.57. The van der Waals surface area contributed by atoms with E-state index < -0.39 is 15.2 Å². The zero-order valence-corrected chi connectivity index (χ0v) is 16.9. The number of hydrogen-bond donors (Lipinski definition) is 4. The normalized spacial score (nSPS) is 20.1. The van der Waals surface area contributed by atoms with E-state index in [1.165, 1.54) is 11.1 Å². The molecule has 0 aromatic heterocycles. The van der Waals surface area contributed by atoms with Gasteiger partial charge in [0.2, 0.25) is 0 Å². The van der Waals surface area contributed by atoms with Crippen LogP contribution in [0, 0.1) is 0 Å². The van der Waals surface area contributed by atoms with Gasteiger partial charge in [0.05, 0.1) is 37.7 Å². The van der Waals surface area contributed by atoms with Crippen molar-refractivity contribution in [2.24, 2.45) is 0 Å². The molecule has 2 aromatic rings. The summed E-state index contributed by atoms with van der Waals surface area (Å²) in [4.78, 5) is 33.0. The average molecular weight is 430 g/mol. The second kappa shape index (κ2) is 10.4. The molecule has 10 heteroatoms. The van der Waals surface area contributed by atoms with Gasteiger partial charge in [0.15, 0.2) is 0 Å². The summed E-state index contributed by atoms with van der Waals surface area (Å²) in [6, 6.07) is 20.8. The van der Waals surface area contributed by atoms with Gasteiger partial charge in [-0.1, -0.05) is 60.7 Å². The summed E-state index contributed by atoms with van der Waals surface area (Å²) in [6.07, 6.45) is -0.577. The molecular weight excluding hydrogens is 406 g/mol. The van der Waals surface area contributed by atoms with E-state index in [1.807, 2.05) is 12.1 Å². The highest BCUT2D eigenvalue weighted by molar-refractivity contribution is 7.52. The van der Waals surface area contributed by atoms with Crippen LogP contribution < -0.4 is 0 Å². The molecule has 0 saturated carbocycles. The topological polar surface area (TPSA) is 140 Å². The molecule has 8 nitrogen and oxygen atoms in total. The van der Waals surface area contributed by atoms with Gasteiger partial charge in [0.1, 0.15) is 0 Å². The fourth-order valence-corrected chi connectivity index (χ4v) is 3.62.